The number of hydrogen-bond donors (Lipinski definition) is 1. The van der Waals surface area contributed by atoms with Crippen molar-refractivity contribution in [1.29, 1.82) is 0 Å². The highest BCUT2D eigenvalue weighted by Crippen LogP contribution is 2.36. The zero-order chi connectivity index (χ0) is 11.1. The molecular weight excluding hydrogens is 186 g/mol. The summed E-state index contributed by atoms with van der Waals surface area (Å²) in [5.41, 5.74) is 4.30. The van der Waals surface area contributed by atoms with Crippen LogP contribution in [-0.2, 0) is 6.42 Å². The number of benzene rings is 1. The molecule has 2 rings (SSSR count). The van der Waals surface area contributed by atoms with Crippen LogP contribution < -0.4 is 10.1 Å². The average Bonchev–Trinajstić information content (AvgIpc) is 2.15. The first kappa shape index (κ1) is 10.3. The van der Waals surface area contributed by atoms with Gasteiger partial charge in [0.15, 0.2) is 0 Å². The fraction of sp³-hybridized carbons (Fsp3) is 0.538. The van der Waals surface area contributed by atoms with Gasteiger partial charge in [-0.3, -0.25) is 0 Å². The Morgan fingerprint density at radius 2 is 2.07 bits per heavy atom. The molecule has 1 N–H and O–H groups in total. The molecule has 0 aromatic heterocycles. The molecule has 0 atom stereocenters. The molecule has 82 valence electrons. The lowest BCUT2D eigenvalue weighted by Crippen LogP contribution is -2.31. The second-order valence-corrected chi connectivity index (χ2v) is 5.17. The highest BCUT2D eigenvalue weighted by molar-refractivity contribution is 5.62. The minimum absolute atomic E-state index is 0.339. The molecule has 0 amide bonds. The van der Waals surface area contributed by atoms with Crippen molar-refractivity contribution in [2.24, 2.45) is 5.41 Å². The molecule has 0 saturated heterocycles. The van der Waals surface area contributed by atoms with Crippen molar-refractivity contribution in [2.45, 2.75) is 27.2 Å². The number of hydrogen-bond acceptors (Lipinski definition) is 2. The third-order valence-corrected chi connectivity index (χ3v) is 3.04. The summed E-state index contributed by atoms with van der Waals surface area (Å²) in [5, 5.41) is 3.52. The SMILES string of the molecule is COc1cc(C)c2c(c1)CC(C)(C)CN2. The van der Waals surface area contributed by atoms with E-state index in [2.05, 4.69) is 38.2 Å². The number of anilines is 1. The quantitative estimate of drug-likeness (QED) is 0.761. The largest absolute Gasteiger partial charge is 0.497 e. The Hall–Kier alpha value is -1.18. The Kier molecular flexibility index (Phi) is 2.37. The van der Waals surface area contributed by atoms with E-state index < -0.39 is 0 Å². The standard InChI is InChI=1S/C13H19NO/c1-9-5-11(15-4)6-10-7-13(2,3)8-14-12(9)10/h5-6,14H,7-8H2,1-4H3. The van der Waals surface area contributed by atoms with Gasteiger partial charge in [-0.1, -0.05) is 13.8 Å². The average molecular weight is 205 g/mol. The van der Waals surface area contributed by atoms with Crippen molar-refractivity contribution < 1.29 is 4.74 Å². The fourth-order valence-electron chi connectivity index (χ4n) is 2.24. The predicted octanol–water partition coefficient (Wildman–Crippen LogP) is 3.00. The third kappa shape index (κ3) is 1.94. The fourth-order valence-corrected chi connectivity index (χ4v) is 2.24. The van der Waals surface area contributed by atoms with Gasteiger partial charge in [-0.05, 0) is 42.0 Å². The second-order valence-electron chi connectivity index (χ2n) is 5.17. The summed E-state index contributed by atoms with van der Waals surface area (Å²) in [5.74, 6) is 0.964. The van der Waals surface area contributed by atoms with E-state index in [-0.39, 0.29) is 0 Å². The summed E-state index contributed by atoms with van der Waals surface area (Å²) in [4.78, 5) is 0. The van der Waals surface area contributed by atoms with Crippen molar-refractivity contribution in [3.63, 3.8) is 0 Å². The van der Waals surface area contributed by atoms with Gasteiger partial charge < -0.3 is 10.1 Å². The third-order valence-electron chi connectivity index (χ3n) is 3.04. The molecule has 0 spiro atoms. The van der Waals surface area contributed by atoms with E-state index in [1.54, 1.807) is 7.11 Å². The normalized spacial score (nSPS) is 17.9. The Balaban J connectivity index is 2.44. The van der Waals surface area contributed by atoms with Gasteiger partial charge in [0.25, 0.3) is 0 Å². The Bertz CT molecular complexity index is 382. The van der Waals surface area contributed by atoms with Crippen molar-refractivity contribution in [3.8, 4) is 5.75 Å². The molecule has 0 radical (unpaired) electrons. The van der Waals surface area contributed by atoms with E-state index in [4.69, 9.17) is 4.74 Å². The van der Waals surface area contributed by atoms with Crippen LogP contribution in [0.25, 0.3) is 0 Å². The Labute approximate surface area is 91.6 Å². The Morgan fingerprint density at radius 3 is 2.73 bits per heavy atom. The molecule has 1 aliphatic heterocycles. The van der Waals surface area contributed by atoms with Crippen LogP contribution in [0.2, 0.25) is 0 Å². The van der Waals surface area contributed by atoms with Crippen LogP contribution in [0.3, 0.4) is 0 Å². The monoisotopic (exact) mass is 205 g/mol. The molecule has 1 heterocycles. The van der Waals surface area contributed by atoms with Crippen LogP contribution in [0, 0.1) is 12.3 Å². The maximum absolute atomic E-state index is 5.30. The van der Waals surface area contributed by atoms with Gasteiger partial charge in [-0.25, -0.2) is 0 Å². The molecule has 0 bridgehead atoms. The van der Waals surface area contributed by atoms with Crippen molar-refractivity contribution in [1.82, 2.24) is 0 Å². The van der Waals surface area contributed by atoms with Crippen molar-refractivity contribution in [3.05, 3.63) is 23.3 Å². The van der Waals surface area contributed by atoms with Gasteiger partial charge in [0, 0.05) is 12.2 Å². The molecular formula is C13H19NO. The van der Waals surface area contributed by atoms with E-state index in [1.807, 2.05) is 0 Å². The van der Waals surface area contributed by atoms with Crippen LogP contribution in [0.15, 0.2) is 12.1 Å². The number of methoxy groups -OCH3 is 1. The van der Waals surface area contributed by atoms with Crippen LogP contribution in [-0.4, -0.2) is 13.7 Å². The molecule has 0 fully saturated rings. The molecule has 15 heavy (non-hydrogen) atoms. The minimum atomic E-state index is 0.339. The molecule has 0 unspecified atom stereocenters. The highest BCUT2D eigenvalue weighted by Gasteiger charge is 2.26. The first-order valence-corrected chi connectivity index (χ1v) is 5.43. The summed E-state index contributed by atoms with van der Waals surface area (Å²) in [6.07, 6.45) is 1.12. The topological polar surface area (TPSA) is 21.3 Å². The van der Waals surface area contributed by atoms with Crippen molar-refractivity contribution in [2.75, 3.05) is 19.0 Å². The van der Waals surface area contributed by atoms with E-state index in [9.17, 15) is 0 Å². The summed E-state index contributed by atoms with van der Waals surface area (Å²) in [7, 11) is 1.72. The molecule has 2 heteroatoms. The van der Waals surface area contributed by atoms with Gasteiger partial charge in [0.2, 0.25) is 0 Å². The summed E-state index contributed by atoms with van der Waals surface area (Å²) >= 11 is 0. The van der Waals surface area contributed by atoms with E-state index in [0.717, 1.165) is 18.7 Å². The van der Waals surface area contributed by atoms with Crippen LogP contribution in [0.1, 0.15) is 25.0 Å². The highest BCUT2D eigenvalue weighted by atomic mass is 16.5. The van der Waals surface area contributed by atoms with Gasteiger partial charge in [0.1, 0.15) is 5.75 Å². The van der Waals surface area contributed by atoms with Crippen LogP contribution in [0.4, 0.5) is 5.69 Å². The summed E-state index contributed by atoms with van der Waals surface area (Å²) in [6.45, 7) is 7.76. The number of nitrogens with one attached hydrogen (secondary N) is 1. The number of aryl methyl sites for hydroxylation is 1. The van der Waals surface area contributed by atoms with Gasteiger partial charge in [0.05, 0.1) is 7.11 Å². The molecule has 1 aromatic rings. The molecule has 0 aliphatic carbocycles. The van der Waals surface area contributed by atoms with Gasteiger partial charge in [-0.15, -0.1) is 0 Å². The maximum Gasteiger partial charge on any atom is 0.119 e. The van der Waals surface area contributed by atoms with E-state index >= 15 is 0 Å². The zero-order valence-corrected chi connectivity index (χ0v) is 9.98. The van der Waals surface area contributed by atoms with Crippen molar-refractivity contribution >= 4 is 5.69 Å². The lowest BCUT2D eigenvalue weighted by Gasteiger charge is -2.33. The lowest BCUT2D eigenvalue weighted by molar-refractivity contribution is 0.375. The lowest BCUT2D eigenvalue weighted by atomic mass is 9.81. The smallest absolute Gasteiger partial charge is 0.119 e. The van der Waals surface area contributed by atoms with Crippen LogP contribution in [0.5, 0.6) is 5.75 Å². The maximum atomic E-state index is 5.30. The van der Waals surface area contributed by atoms with E-state index in [0.29, 0.717) is 5.41 Å². The molecule has 1 aromatic carbocycles. The van der Waals surface area contributed by atoms with Gasteiger partial charge in [-0.2, -0.15) is 0 Å². The molecule has 1 aliphatic rings. The number of fused-ring (bicyclic) bond motifs is 1. The summed E-state index contributed by atoms with van der Waals surface area (Å²) < 4.78 is 5.30. The second kappa shape index (κ2) is 3.44. The number of ether oxygens (including phenoxy) is 1. The molecule has 2 nitrogen and oxygen atoms in total. The Morgan fingerprint density at radius 1 is 1.33 bits per heavy atom. The minimum Gasteiger partial charge on any atom is -0.497 e. The van der Waals surface area contributed by atoms with Gasteiger partial charge >= 0.3 is 0 Å². The first-order chi connectivity index (χ1) is 7.02. The predicted molar refractivity (Wildman–Crippen MR) is 63.7 cm³/mol. The van der Waals surface area contributed by atoms with Crippen LogP contribution >= 0.6 is 0 Å². The summed E-state index contributed by atoms with van der Waals surface area (Å²) in [6, 6.07) is 4.24. The first-order valence-electron chi connectivity index (χ1n) is 5.43. The van der Waals surface area contributed by atoms with E-state index in [1.165, 1.54) is 16.8 Å². The molecule has 0 saturated carbocycles. The number of rotatable bonds is 1. The zero-order valence-electron chi connectivity index (χ0n) is 9.98.